The van der Waals surface area contributed by atoms with E-state index >= 15 is 0 Å². The SMILES string of the molecule is COc1ccc(N2C[C@@H](C(=O)N[C@H](C)c3cccc4ccccc34)CC2=O)c(OC)c1. The molecule has 0 aliphatic carbocycles. The Kier molecular flexibility index (Phi) is 5.80. The molecule has 3 aromatic carbocycles. The van der Waals surface area contributed by atoms with Crippen molar-refractivity contribution < 1.29 is 19.1 Å². The summed E-state index contributed by atoms with van der Waals surface area (Å²) in [6.45, 7) is 2.29. The van der Waals surface area contributed by atoms with Crippen LogP contribution in [0.15, 0.2) is 60.7 Å². The Labute approximate surface area is 181 Å². The zero-order chi connectivity index (χ0) is 22.0. The maximum atomic E-state index is 13.0. The smallest absolute Gasteiger partial charge is 0.227 e. The molecule has 1 aliphatic rings. The predicted molar refractivity (Wildman–Crippen MR) is 121 cm³/mol. The number of ether oxygens (including phenoxy) is 2. The Hall–Kier alpha value is -3.54. The third kappa shape index (κ3) is 4.06. The number of fused-ring (bicyclic) bond motifs is 1. The van der Waals surface area contributed by atoms with Crippen LogP contribution < -0.4 is 19.7 Å². The second-order valence-corrected chi connectivity index (χ2v) is 7.74. The number of nitrogens with one attached hydrogen (secondary N) is 1. The molecule has 4 rings (SSSR count). The number of benzene rings is 3. The number of carbonyl (C=O) groups is 2. The van der Waals surface area contributed by atoms with Crippen molar-refractivity contribution in [3.63, 3.8) is 0 Å². The average molecular weight is 418 g/mol. The first-order chi connectivity index (χ1) is 15.0. The lowest BCUT2D eigenvalue weighted by atomic mass is 9.99. The van der Waals surface area contributed by atoms with E-state index in [1.54, 1.807) is 37.3 Å². The van der Waals surface area contributed by atoms with Crippen molar-refractivity contribution in [1.29, 1.82) is 0 Å². The van der Waals surface area contributed by atoms with E-state index in [0.29, 0.717) is 23.7 Å². The van der Waals surface area contributed by atoms with E-state index in [4.69, 9.17) is 9.47 Å². The number of hydrogen-bond acceptors (Lipinski definition) is 4. The second kappa shape index (κ2) is 8.68. The van der Waals surface area contributed by atoms with Crippen LogP contribution in [0, 0.1) is 5.92 Å². The van der Waals surface area contributed by atoms with Gasteiger partial charge in [0.15, 0.2) is 0 Å². The van der Waals surface area contributed by atoms with Crippen LogP contribution in [0.3, 0.4) is 0 Å². The van der Waals surface area contributed by atoms with Crippen molar-refractivity contribution in [2.45, 2.75) is 19.4 Å². The minimum Gasteiger partial charge on any atom is -0.497 e. The molecule has 0 saturated carbocycles. The van der Waals surface area contributed by atoms with Gasteiger partial charge in [-0.2, -0.15) is 0 Å². The van der Waals surface area contributed by atoms with Crippen molar-refractivity contribution in [2.75, 3.05) is 25.7 Å². The van der Waals surface area contributed by atoms with Crippen LogP contribution in [0.4, 0.5) is 5.69 Å². The molecule has 0 aromatic heterocycles. The summed E-state index contributed by atoms with van der Waals surface area (Å²) in [5, 5.41) is 5.35. The Balaban J connectivity index is 1.50. The lowest BCUT2D eigenvalue weighted by molar-refractivity contribution is -0.126. The number of hydrogen-bond donors (Lipinski definition) is 1. The van der Waals surface area contributed by atoms with E-state index in [0.717, 1.165) is 16.3 Å². The molecule has 0 spiro atoms. The molecule has 1 fully saturated rings. The van der Waals surface area contributed by atoms with Gasteiger partial charge in [0.2, 0.25) is 11.8 Å². The van der Waals surface area contributed by atoms with E-state index in [1.165, 1.54) is 0 Å². The van der Waals surface area contributed by atoms with Crippen LogP contribution in [-0.2, 0) is 9.59 Å². The molecule has 2 atom stereocenters. The summed E-state index contributed by atoms with van der Waals surface area (Å²) in [6.07, 6.45) is 0.170. The van der Waals surface area contributed by atoms with Gasteiger partial charge in [-0.1, -0.05) is 42.5 Å². The fourth-order valence-electron chi connectivity index (χ4n) is 4.16. The first-order valence-corrected chi connectivity index (χ1v) is 10.3. The average Bonchev–Trinajstić information content (AvgIpc) is 3.19. The highest BCUT2D eigenvalue weighted by molar-refractivity contribution is 6.01. The molecule has 0 bridgehead atoms. The van der Waals surface area contributed by atoms with Gasteiger partial charge < -0.3 is 19.7 Å². The van der Waals surface area contributed by atoms with Crippen molar-refractivity contribution in [2.24, 2.45) is 5.92 Å². The van der Waals surface area contributed by atoms with Crippen LogP contribution in [0.5, 0.6) is 11.5 Å². The molecule has 0 unspecified atom stereocenters. The minimum atomic E-state index is -0.420. The largest absolute Gasteiger partial charge is 0.497 e. The maximum absolute atomic E-state index is 13.0. The fraction of sp³-hybridized carbons (Fsp3) is 0.280. The molecule has 160 valence electrons. The third-order valence-electron chi connectivity index (χ3n) is 5.82. The molecular formula is C25H26N2O4. The van der Waals surface area contributed by atoms with Crippen molar-refractivity contribution in [3.8, 4) is 11.5 Å². The Morgan fingerprint density at radius 2 is 1.84 bits per heavy atom. The van der Waals surface area contributed by atoms with E-state index in [1.807, 2.05) is 31.2 Å². The Bertz CT molecular complexity index is 1120. The maximum Gasteiger partial charge on any atom is 0.227 e. The highest BCUT2D eigenvalue weighted by atomic mass is 16.5. The van der Waals surface area contributed by atoms with E-state index in [-0.39, 0.29) is 24.3 Å². The minimum absolute atomic E-state index is 0.0959. The Morgan fingerprint density at radius 3 is 2.61 bits per heavy atom. The van der Waals surface area contributed by atoms with Gasteiger partial charge in [-0.3, -0.25) is 9.59 Å². The molecule has 1 heterocycles. The zero-order valence-electron chi connectivity index (χ0n) is 17.9. The molecule has 31 heavy (non-hydrogen) atoms. The second-order valence-electron chi connectivity index (χ2n) is 7.74. The normalized spacial score (nSPS) is 16.9. The molecule has 1 aliphatic heterocycles. The van der Waals surface area contributed by atoms with Gasteiger partial charge in [0.25, 0.3) is 0 Å². The molecule has 6 nitrogen and oxygen atoms in total. The molecule has 1 saturated heterocycles. The first-order valence-electron chi connectivity index (χ1n) is 10.3. The van der Waals surface area contributed by atoms with E-state index < -0.39 is 5.92 Å². The third-order valence-corrected chi connectivity index (χ3v) is 5.82. The predicted octanol–water partition coefficient (Wildman–Crippen LogP) is 4.09. The van der Waals surface area contributed by atoms with Crippen molar-refractivity contribution in [3.05, 3.63) is 66.2 Å². The van der Waals surface area contributed by atoms with Gasteiger partial charge in [-0.25, -0.2) is 0 Å². The lowest BCUT2D eigenvalue weighted by Crippen LogP contribution is -2.34. The molecule has 2 amide bonds. The zero-order valence-corrected chi connectivity index (χ0v) is 17.9. The quantitative estimate of drug-likeness (QED) is 0.655. The summed E-state index contributed by atoms with van der Waals surface area (Å²) in [4.78, 5) is 27.3. The monoisotopic (exact) mass is 418 g/mol. The standard InChI is InChI=1S/C25H26N2O4/c1-16(20-10-6-8-17-7-4-5-9-21(17)20)26-25(29)18-13-24(28)27(15-18)22-12-11-19(30-2)14-23(22)31-3/h4-12,14,16,18H,13,15H2,1-3H3,(H,26,29)/t16-,18+/m1/s1. The topological polar surface area (TPSA) is 67.9 Å². The van der Waals surface area contributed by atoms with Crippen LogP contribution in [-0.4, -0.2) is 32.6 Å². The number of rotatable bonds is 6. The number of carbonyl (C=O) groups excluding carboxylic acids is 2. The molecule has 3 aromatic rings. The lowest BCUT2D eigenvalue weighted by Gasteiger charge is -2.21. The number of methoxy groups -OCH3 is 2. The first kappa shape index (κ1) is 20.7. The molecule has 0 radical (unpaired) electrons. The molecule has 1 N–H and O–H groups in total. The van der Waals surface area contributed by atoms with Gasteiger partial charge in [0.05, 0.1) is 31.9 Å². The van der Waals surface area contributed by atoms with Gasteiger partial charge in [-0.15, -0.1) is 0 Å². The summed E-state index contributed by atoms with van der Waals surface area (Å²) < 4.78 is 10.7. The highest BCUT2D eigenvalue weighted by Crippen LogP contribution is 2.36. The highest BCUT2D eigenvalue weighted by Gasteiger charge is 2.36. The number of anilines is 1. The fourth-order valence-corrected chi connectivity index (χ4v) is 4.16. The molecular weight excluding hydrogens is 392 g/mol. The van der Waals surface area contributed by atoms with E-state index in [2.05, 4.69) is 23.5 Å². The van der Waals surface area contributed by atoms with Gasteiger partial charge >= 0.3 is 0 Å². The number of amides is 2. The molecule has 6 heteroatoms. The summed E-state index contributed by atoms with van der Waals surface area (Å²) in [7, 11) is 3.13. The van der Waals surface area contributed by atoms with Gasteiger partial charge in [-0.05, 0) is 35.4 Å². The summed E-state index contributed by atoms with van der Waals surface area (Å²) in [5.41, 5.74) is 1.70. The van der Waals surface area contributed by atoms with Crippen molar-refractivity contribution in [1.82, 2.24) is 5.32 Å². The summed E-state index contributed by atoms with van der Waals surface area (Å²) in [5.74, 6) is 0.547. The van der Waals surface area contributed by atoms with Gasteiger partial charge in [0, 0.05) is 19.0 Å². The van der Waals surface area contributed by atoms with E-state index in [9.17, 15) is 9.59 Å². The van der Waals surface area contributed by atoms with Crippen LogP contribution >= 0.6 is 0 Å². The van der Waals surface area contributed by atoms with Crippen LogP contribution in [0.1, 0.15) is 24.9 Å². The van der Waals surface area contributed by atoms with Gasteiger partial charge in [0.1, 0.15) is 11.5 Å². The van der Waals surface area contributed by atoms with Crippen LogP contribution in [0.2, 0.25) is 0 Å². The van der Waals surface area contributed by atoms with Crippen molar-refractivity contribution >= 4 is 28.3 Å². The Morgan fingerprint density at radius 1 is 1.06 bits per heavy atom. The summed E-state index contributed by atoms with van der Waals surface area (Å²) >= 11 is 0. The number of nitrogens with zero attached hydrogens (tertiary/aromatic N) is 1. The van der Waals surface area contributed by atoms with Crippen LogP contribution in [0.25, 0.3) is 10.8 Å². The summed E-state index contributed by atoms with van der Waals surface area (Å²) in [6, 6.07) is 19.3.